The average molecular weight is 1260 g/mol. The second-order valence-electron chi connectivity index (χ2n) is 22.1. The van der Waals surface area contributed by atoms with Gasteiger partial charge in [0.05, 0.1) is 23.4 Å². The van der Waals surface area contributed by atoms with Crippen LogP contribution in [0.3, 0.4) is 0 Å². The van der Waals surface area contributed by atoms with Crippen LogP contribution in [0.15, 0.2) is 148 Å². The number of para-hydroxylation sites is 1. The maximum absolute atomic E-state index is 14.5. The molecule has 2 saturated heterocycles. The lowest BCUT2D eigenvalue weighted by molar-refractivity contribution is -0.144. The number of hydrogen-bond donors (Lipinski definition) is 3. The van der Waals surface area contributed by atoms with Gasteiger partial charge in [-0.05, 0) is 135 Å². The largest absolute Gasteiger partial charge is 0.501 e. The monoisotopic (exact) mass is 1260 g/mol. The van der Waals surface area contributed by atoms with Crippen molar-refractivity contribution in [3.05, 3.63) is 149 Å². The molecule has 1 amide bonds. The third kappa shape index (κ3) is 17.6. The molecule has 3 aliphatic rings. The Bertz CT molecular complexity index is 3350. The molecule has 1 unspecified atom stereocenters. The number of carbonyl (C=O) groups is 2. The van der Waals surface area contributed by atoms with Crippen molar-refractivity contribution < 1.29 is 53.4 Å². The maximum atomic E-state index is 14.5. The van der Waals surface area contributed by atoms with Gasteiger partial charge in [0.1, 0.15) is 16.7 Å². The number of hydrogen-bond acceptors (Lipinski definition) is 15. The molecule has 3 atom stereocenters. The van der Waals surface area contributed by atoms with Gasteiger partial charge in [-0.15, -0.1) is 11.8 Å². The van der Waals surface area contributed by atoms with Crippen molar-refractivity contribution in [2.75, 3.05) is 101 Å². The van der Waals surface area contributed by atoms with E-state index in [9.17, 15) is 44.2 Å². The molecule has 5 aromatic carbocycles. The second kappa shape index (κ2) is 28.4. The highest BCUT2D eigenvalue weighted by atomic mass is 35.5. The summed E-state index contributed by atoms with van der Waals surface area (Å²) in [5, 5.41) is 6.61. The van der Waals surface area contributed by atoms with Gasteiger partial charge in [-0.3, -0.25) is 19.1 Å². The lowest BCUT2D eigenvalue weighted by Gasteiger charge is -2.39. The number of nitrogens with zero attached hydrogens (tertiary/aromatic N) is 4. The zero-order chi connectivity index (χ0) is 60.3. The Kier molecular flexibility index (Phi) is 21.8. The summed E-state index contributed by atoms with van der Waals surface area (Å²) in [4.78, 5) is 33.6. The first-order valence-electron chi connectivity index (χ1n) is 28.1. The van der Waals surface area contributed by atoms with Crippen molar-refractivity contribution in [3.8, 4) is 5.75 Å². The summed E-state index contributed by atoms with van der Waals surface area (Å²) < 4.78 is 125. The topological polar surface area (TPSA) is 187 Å². The smallest absolute Gasteiger partial charge is 0.465 e. The predicted octanol–water partition coefficient (Wildman–Crippen LogP) is 10.9. The van der Waals surface area contributed by atoms with Gasteiger partial charge < -0.3 is 29.3 Å². The number of amides is 1. The number of anilines is 2. The number of piperazine rings is 2. The molecule has 8 rings (SSSR count). The Balaban J connectivity index is 0.901. The van der Waals surface area contributed by atoms with E-state index >= 15 is 0 Å². The van der Waals surface area contributed by atoms with Crippen molar-refractivity contribution in [1.29, 1.82) is 0 Å². The van der Waals surface area contributed by atoms with Gasteiger partial charge in [-0.1, -0.05) is 79.6 Å². The molecule has 0 bridgehead atoms. The molecule has 3 N–H and O–H groups in total. The first kappa shape index (κ1) is 64.6. The summed E-state index contributed by atoms with van der Waals surface area (Å²) in [6, 6.07) is 33.2. The van der Waals surface area contributed by atoms with Crippen LogP contribution in [-0.4, -0.2) is 152 Å². The highest BCUT2D eigenvalue weighted by molar-refractivity contribution is 7.99. The quantitative estimate of drug-likeness (QED) is 0.0284. The number of allylic oxidation sites excluding steroid dienone is 1. The summed E-state index contributed by atoms with van der Waals surface area (Å²) in [5.74, 6) is -0.939. The molecule has 84 heavy (non-hydrogen) atoms. The molecule has 2 heterocycles. The van der Waals surface area contributed by atoms with Crippen LogP contribution >= 0.6 is 30.9 Å². The Hall–Kier alpha value is -5.42. The Morgan fingerprint density at radius 2 is 1.42 bits per heavy atom. The minimum Gasteiger partial charge on any atom is -0.465 e. The van der Waals surface area contributed by atoms with Crippen LogP contribution in [0.1, 0.15) is 69.3 Å². The summed E-state index contributed by atoms with van der Waals surface area (Å²) in [7, 11) is -14.7. The number of thioether (sulfide) groups is 1. The number of benzene rings is 5. The van der Waals surface area contributed by atoms with Crippen LogP contribution in [0.5, 0.6) is 5.75 Å². The van der Waals surface area contributed by atoms with E-state index in [0.29, 0.717) is 75.6 Å². The number of carbonyl (C=O) groups excluding carboxylic acids is 2. The standard InChI is InChI=1S/C60H74ClF3N7O9PS3/c1-5-79-58(73)44(2)66-81(74,80-51-12-8-6-9-13-51)39-38-69-32-30-68(31-33-69)29-27-49(43-82-52-14-10-7-11-15-52)65-55-25-24-53(40-56(55)83(75,76)60(62,63)64)84(77,78)67-57(72)46-18-22-50(23-19-46)71-36-34-70(35-37-71)42-47-41-59(3,4)28-26-54(47)45-16-20-48(61)21-17-45/h6-25,40,44,49,65H,5,26-39,41-43H2,1-4H3,(H,66,74)(H,67,72)/t44-,49-,81?/m1/s1. The van der Waals surface area contributed by atoms with Gasteiger partial charge in [-0.25, -0.2) is 26.6 Å². The molecule has 24 heteroatoms. The van der Waals surface area contributed by atoms with Gasteiger partial charge in [-0.2, -0.15) is 13.2 Å². The zero-order valence-electron chi connectivity index (χ0n) is 47.7. The number of esters is 1. The molecule has 0 saturated carbocycles. The molecular weight excluding hydrogens is 1180 g/mol. The van der Waals surface area contributed by atoms with Crippen molar-refractivity contribution in [2.45, 2.75) is 85.7 Å². The first-order valence-corrected chi connectivity index (χ1v) is 34.3. The van der Waals surface area contributed by atoms with Gasteiger partial charge >= 0.3 is 19.0 Å². The van der Waals surface area contributed by atoms with Gasteiger partial charge in [0.2, 0.25) is 0 Å². The van der Waals surface area contributed by atoms with Crippen LogP contribution < -0.4 is 24.5 Å². The number of rotatable bonds is 25. The molecule has 0 aromatic heterocycles. The van der Waals surface area contributed by atoms with Crippen LogP contribution in [0.4, 0.5) is 24.5 Å². The lowest BCUT2D eigenvalue weighted by Crippen LogP contribution is -2.48. The Morgan fingerprint density at radius 1 is 0.798 bits per heavy atom. The number of sulfonamides is 1. The highest BCUT2D eigenvalue weighted by Crippen LogP contribution is 2.45. The van der Waals surface area contributed by atoms with E-state index in [4.69, 9.17) is 20.9 Å². The fourth-order valence-electron chi connectivity index (χ4n) is 10.6. The van der Waals surface area contributed by atoms with Crippen molar-refractivity contribution >= 4 is 79.6 Å². The van der Waals surface area contributed by atoms with E-state index in [1.165, 1.54) is 40.6 Å². The number of ether oxygens (including phenoxy) is 1. The summed E-state index contributed by atoms with van der Waals surface area (Å²) in [6.07, 6.45) is 3.54. The molecule has 0 radical (unpaired) electrons. The second-order valence-corrected chi connectivity index (χ2v) is 29.5. The third-order valence-corrected chi connectivity index (χ3v) is 21.6. The fourth-order valence-corrected chi connectivity index (χ4v) is 15.7. The minimum absolute atomic E-state index is 0.0295. The van der Waals surface area contributed by atoms with E-state index in [1.807, 2.05) is 47.2 Å². The molecule has 0 spiro atoms. The molecule has 1 aliphatic carbocycles. The lowest BCUT2D eigenvalue weighted by atomic mass is 9.73. The predicted molar refractivity (Wildman–Crippen MR) is 326 cm³/mol. The van der Waals surface area contributed by atoms with E-state index in [2.05, 4.69) is 56.0 Å². The maximum Gasteiger partial charge on any atom is 0.501 e. The highest BCUT2D eigenvalue weighted by Gasteiger charge is 2.49. The van der Waals surface area contributed by atoms with Crippen molar-refractivity contribution in [3.63, 3.8) is 0 Å². The van der Waals surface area contributed by atoms with Gasteiger partial charge in [0, 0.05) is 105 Å². The summed E-state index contributed by atoms with van der Waals surface area (Å²) in [6.45, 7) is 15.0. The molecule has 5 aromatic rings. The Morgan fingerprint density at radius 3 is 2.05 bits per heavy atom. The SMILES string of the molecule is CCOC(=O)[C@@H](C)NP(=O)(CCN1CCN(CC[C@H](CSc2ccccc2)Nc2ccc(S(=O)(=O)NC(=O)c3ccc(N4CCN(CC5=C(c6ccc(Cl)cc6)CCC(C)(C)C5)CC4)cc3)cc2S(=O)(=O)C(F)(F)F)CC1)Oc1ccccc1. The molecule has 454 valence electrons. The molecule has 2 aliphatic heterocycles. The summed E-state index contributed by atoms with van der Waals surface area (Å²) >= 11 is 7.62. The Labute approximate surface area is 501 Å². The van der Waals surface area contributed by atoms with E-state index in [1.54, 1.807) is 56.3 Å². The number of sulfone groups is 1. The molecule has 16 nitrogen and oxygen atoms in total. The number of alkyl halides is 3. The van der Waals surface area contributed by atoms with E-state index in [0.717, 1.165) is 61.6 Å². The number of nitrogens with one attached hydrogen (secondary N) is 3. The fraction of sp³-hybridized carbons (Fsp3) is 0.433. The zero-order valence-corrected chi connectivity index (χ0v) is 51.8. The summed E-state index contributed by atoms with van der Waals surface area (Å²) in [5.41, 5.74) is -1.25. The van der Waals surface area contributed by atoms with E-state index < -0.39 is 72.3 Å². The first-order chi connectivity index (χ1) is 39.9. The van der Waals surface area contributed by atoms with Crippen LogP contribution in [0.2, 0.25) is 5.02 Å². The third-order valence-electron chi connectivity index (χ3n) is 15.3. The van der Waals surface area contributed by atoms with Crippen molar-refractivity contribution in [1.82, 2.24) is 24.5 Å². The van der Waals surface area contributed by atoms with Gasteiger partial charge in [0.25, 0.3) is 25.8 Å². The number of halogens is 4. The van der Waals surface area contributed by atoms with Crippen LogP contribution in [0, 0.1) is 5.41 Å². The normalized spacial score (nSPS) is 18.1. The minimum atomic E-state index is -6.15. The van der Waals surface area contributed by atoms with E-state index in [-0.39, 0.29) is 29.5 Å². The van der Waals surface area contributed by atoms with Crippen LogP contribution in [-0.2, 0) is 34.0 Å². The van der Waals surface area contributed by atoms with Gasteiger partial charge in [0.15, 0.2) is 0 Å². The van der Waals surface area contributed by atoms with Crippen LogP contribution in [0.25, 0.3) is 5.57 Å². The van der Waals surface area contributed by atoms with Crippen molar-refractivity contribution in [2.24, 2.45) is 5.41 Å². The average Bonchev–Trinajstić information content (AvgIpc) is 2.48. The molecular formula is C60H74ClF3N7O9PS3. The molecule has 2 fully saturated rings.